The molecule has 9 heteroatoms. The highest BCUT2D eigenvalue weighted by Crippen LogP contribution is 2.42. The zero-order valence-corrected chi connectivity index (χ0v) is 22.9. The third-order valence-electron chi connectivity index (χ3n) is 5.08. The van der Waals surface area contributed by atoms with Crippen molar-refractivity contribution in [2.75, 3.05) is 18.6 Å². The molecule has 1 fully saturated rings. The van der Waals surface area contributed by atoms with Gasteiger partial charge in [-0.05, 0) is 64.8 Å². The highest BCUT2D eigenvalue weighted by Gasteiger charge is 2.35. The lowest BCUT2D eigenvalue weighted by atomic mass is 10.1. The van der Waals surface area contributed by atoms with Crippen molar-refractivity contribution in [3.05, 3.63) is 86.2 Å². The Morgan fingerprint density at radius 1 is 1.09 bits per heavy atom. The Hall–Kier alpha value is -2.52. The number of halogens is 2. The highest BCUT2D eigenvalue weighted by atomic mass is 79.9. The number of hydrogen-bond donors (Lipinski definition) is 0. The van der Waals surface area contributed by atoms with Crippen LogP contribution in [0.5, 0.6) is 17.2 Å². The van der Waals surface area contributed by atoms with Gasteiger partial charge < -0.3 is 14.2 Å². The maximum atomic E-state index is 13.3. The van der Waals surface area contributed by atoms with Gasteiger partial charge in [0, 0.05) is 10.6 Å². The summed E-state index contributed by atoms with van der Waals surface area (Å²) in [5, 5.41) is 0.635. The number of amides is 1. The van der Waals surface area contributed by atoms with Crippen molar-refractivity contribution in [2.24, 2.45) is 0 Å². The van der Waals surface area contributed by atoms with Crippen molar-refractivity contribution >= 4 is 73.5 Å². The molecular formula is C26H21BrClNO4S2. The van der Waals surface area contributed by atoms with Crippen LogP contribution in [0.3, 0.4) is 0 Å². The molecule has 5 nitrogen and oxygen atoms in total. The number of ether oxygens (including phenoxy) is 3. The van der Waals surface area contributed by atoms with Gasteiger partial charge in [0.1, 0.15) is 12.4 Å². The highest BCUT2D eigenvalue weighted by molar-refractivity contribution is 9.10. The average Bonchev–Trinajstić information content (AvgIpc) is 3.12. The number of nitrogens with zero attached hydrogens (tertiary/aromatic N) is 1. The molecule has 180 valence electrons. The summed E-state index contributed by atoms with van der Waals surface area (Å²) in [5.41, 5.74) is 2.25. The van der Waals surface area contributed by atoms with E-state index < -0.39 is 0 Å². The summed E-state index contributed by atoms with van der Waals surface area (Å²) in [6.45, 7) is 2.64. The summed E-state index contributed by atoms with van der Waals surface area (Å²) in [5.74, 6) is 1.48. The Bertz CT molecular complexity index is 1310. The molecule has 0 spiro atoms. The maximum absolute atomic E-state index is 13.3. The lowest BCUT2D eigenvalue weighted by Crippen LogP contribution is -2.27. The molecule has 1 saturated heterocycles. The number of rotatable bonds is 8. The van der Waals surface area contributed by atoms with Crippen LogP contribution in [0.2, 0.25) is 5.02 Å². The Kier molecular flexibility index (Phi) is 8.38. The van der Waals surface area contributed by atoms with Gasteiger partial charge in [0.15, 0.2) is 15.8 Å². The summed E-state index contributed by atoms with van der Waals surface area (Å²) >= 11 is 16.6. The predicted octanol–water partition coefficient (Wildman–Crippen LogP) is 7.49. The van der Waals surface area contributed by atoms with Gasteiger partial charge in [-0.3, -0.25) is 9.69 Å². The van der Waals surface area contributed by atoms with Crippen molar-refractivity contribution in [3.8, 4) is 17.2 Å². The van der Waals surface area contributed by atoms with Crippen molar-refractivity contribution in [2.45, 2.75) is 13.5 Å². The molecule has 35 heavy (non-hydrogen) atoms. The van der Waals surface area contributed by atoms with Gasteiger partial charge in [-0.1, -0.05) is 65.9 Å². The molecular weight excluding hydrogens is 570 g/mol. The number of anilines is 1. The fourth-order valence-electron chi connectivity index (χ4n) is 3.48. The van der Waals surface area contributed by atoms with Crippen molar-refractivity contribution in [3.63, 3.8) is 0 Å². The van der Waals surface area contributed by atoms with E-state index in [0.717, 1.165) is 11.1 Å². The Balaban J connectivity index is 1.62. The summed E-state index contributed by atoms with van der Waals surface area (Å²) in [6, 6.07) is 18.5. The molecule has 0 radical (unpaired) electrons. The van der Waals surface area contributed by atoms with E-state index in [9.17, 15) is 4.79 Å². The normalized spacial score (nSPS) is 14.5. The number of para-hydroxylation sites is 2. The van der Waals surface area contributed by atoms with Crippen LogP contribution in [0.4, 0.5) is 5.69 Å². The monoisotopic (exact) mass is 589 g/mol. The van der Waals surface area contributed by atoms with Gasteiger partial charge in [0.05, 0.1) is 28.8 Å². The van der Waals surface area contributed by atoms with Crippen LogP contribution < -0.4 is 19.1 Å². The molecule has 0 bridgehead atoms. The molecule has 1 aliphatic rings. The van der Waals surface area contributed by atoms with Gasteiger partial charge in [0.2, 0.25) is 0 Å². The predicted molar refractivity (Wildman–Crippen MR) is 150 cm³/mol. The minimum Gasteiger partial charge on any atom is -0.495 e. The first-order chi connectivity index (χ1) is 16.9. The Morgan fingerprint density at radius 2 is 1.83 bits per heavy atom. The smallest absolute Gasteiger partial charge is 0.270 e. The molecule has 3 aromatic rings. The molecule has 0 atom stereocenters. The molecule has 1 amide bonds. The standard InChI is InChI=1S/C26H21BrClNO4S2/c1-3-32-22-13-16(12-18(27)24(22)33-15-17-8-4-5-9-19(17)28)14-23-25(30)29(26(34)35-23)20-10-6-7-11-21(20)31-2/h4-14H,3,15H2,1-2H3/b23-14+. The third kappa shape index (κ3) is 5.67. The summed E-state index contributed by atoms with van der Waals surface area (Å²) < 4.78 is 18.5. The van der Waals surface area contributed by atoms with Crippen molar-refractivity contribution in [1.82, 2.24) is 0 Å². The van der Waals surface area contributed by atoms with Crippen molar-refractivity contribution in [1.29, 1.82) is 0 Å². The van der Waals surface area contributed by atoms with E-state index in [2.05, 4.69) is 15.9 Å². The molecule has 1 aliphatic heterocycles. The van der Waals surface area contributed by atoms with Crippen molar-refractivity contribution < 1.29 is 19.0 Å². The van der Waals surface area contributed by atoms with Crippen LogP contribution in [0.25, 0.3) is 6.08 Å². The number of carbonyl (C=O) groups is 1. The van der Waals surface area contributed by atoms with Gasteiger partial charge in [-0.2, -0.15) is 0 Å². The van der Waals surface area contributed by atoms with Crippen LogP contribution in [0.15, 0.2) is 70.0 Å². The fraction of sp³-hybridized carbons (Fsp3) is 0.154. The first-order valence-corrected chi connectivity index (χ1v) is 13.1. The van der Waals surface area contributed by atoms with E-state index >= 15 is 0 Å². The van der Waals surface area contributed by atoms with E-state index in [1.165, 1.54) is 16.7 Å². The van der Waals surface area contributed by atoms with Crippen LogP contribution in [0.1, 0.15) is 18.1 Å². The Labute approximate surface area is 227 Å². The van der Waals surface area contributed by atoms with Crippen LogP contribution in [-0.2, 0) is 11.4 Å². The van der Waals surface area contributed by atoms with Crippen LogP contribution >= 0.6 is 51.5 Å². The molecule has 0 saturated carbocycles. The SMILES string of the molecule is CCOc1cc(/C=C2/SC(=S)N(c3ccccc3OC)C2=O)cc(Br)c1OCc1ccccc1Cl. The molecule has 1 heterocycles. The average molecular weight is 591 g/mol. The minimum atomic E-state index is -0.211. The number of methoxy groups -OCH3 is 1. The molecule has 0 aliphatic carbocycles. The fourth-order valence-corrected chi connectivity index (χ4v) is 5.53. The van der Waals surface area contributed by atoms with E-state index in [-0.39, 0.29) is 12.5 Å². The molecule has 4 rings (SSSR count). The largest absolute Gasteiger partial charge is 0.495 e. The lowest BCUT2D eigenvalue weighted by molar-refractivity contribution is -0.113. The van der Waals surface area contributed by atoms with E-state index in [1.807, 2.05) is 55.5 Å². The number of thiocarbonyl (C=S) groups is 1. The summed E-state index contributed by atoms with van der Waals surface area (Å²) in [6.07, 6.45) is 1.79. The Morgan fingerprint density at radius 3 is 2.57 bits per heavy atom. The zero-order chi connectivity index (χ0) is 24.9. The lowest BCUT2D eigenvalue weighted by Gasteiger charge is -2.17. The first kappa shape index (κ1) is 25.6. The van der Waals surface area contributed by atoms with E-state index in [1.54, 1.807) is 25.3 Å². The maximum Gasteiger partial charge on any atom is 0.270 e. The molecule has 3 aromatic carbocycles. The third-order valence-corrected chi connectivity index (χ3v) is 7.34. The van der Waals surface area contributed by atoms with Gasteiger partial charge in [-0.15, -0.1) is 0 Å². The number of carbonyl (C=O) groups excluding carboxylic acids is 1. The minimum absolute atomic E-state index is 0.211. The molecule has 0 unspecified atom stereocenters. The number of benzene rings is 3. The van der Waals surface area contributed by atoms with Crippen LogP contribution in [-0.4, -0.2) is 23.9 Å². The van der Waals surface area contributed by atoms with E-state index in [4.69, 9.17) is 38.0 Å². The van der Waals surface area contributed by atoms with Gasteiger partial charge in [-0.25, -0.2) is 0 Å². The van der Waals surface area contributed by atoms with Crippen LogP contribution in [0, 0.1) is 0 Å². The topological polar surface area (TPSA) is 48.0 Å². The number of hydrogen-bond acceptors (Lipinski definition) is 6. The zero-order valence-electron chi connectivity index (χ0n) is 18.9. The quantitative estimate of drug-likeness (QED) is 0.200. The number of thioether (sulfide) groups is 1. The first-order valence-electron chi connectivity index (χ1n) is 10.7. The van der Waals surface area contributed by atoms with Gasteiger partial charge >= 0.3 is 0 Å². The summed E-state index contributed by atoms with van der Waals surface area (Å²) in [7, 11) is 1.56. The second kappa shape index (κ2) is 11.5. The molecule has 0 N–H and O–H groups in total. The second-order valence-electron chi connectivity index (χ2n) is 7.33. The van der Waals surface area contributed by atoms with Gasteiger partial charge in [0.25, 0.3) is 5.91 Å². The molecule has 0 aromatic heterocycles. The van der Waals surface area contributed by atoms with E-state index in [0.29, 0.717) is 48.3 Å². The summed E-state index contributed by atoms with van der Waals surface area (Å²) in [4.78, 5) is 15.2. The second-order valence-corrected chi connectivity index (χ2v) is 10.3.